The van der Waals surface area contributed by atoms with Gasteiger partial charge in [-0.1, -0.05) is 137 Å². The number of aromatic nitrogens is 6. The minimum absolute atomic E-state index is 0. The standard InChI is InChI=1S/2C21H18N3.Pt/c2*1-21(2,3)20-23-13-17-18(24-20)10-9-16-15(11-12-22-19(16)17)14-7-5-4-6-8-14;/h2*4-12H,1-3H3;/q2*-1;+2. The molecule has 0 unspecified atom stereocenters. The number of nitrogens with zero attached hydrogens (tertiary/aromatic N) is 6. The molecule has 0 saturated heterocycles. The smallest absolute Gasteiger partial charge is 0.338 e. The number of fused-ring (bicyclic) bond motifs is 6. The molecule has 4 aromatic heterocycles. The maximum absolute atomic E-state index is 4.72. The van der Waals surface area contributed by atoms with E-state index in [1.54, 1.807) is 0 Å². The Balaban J connectivity index is 0.000000167. The van der Waals surface area contributed by atoms with Gasteiger partial charge in [0.05, 0.1) is 0 Å². The first-order valence-corrected chi connectivity index (χ1v) is 16.1. The van der Waals surface area contributed by atoms with Gasteiger partial charge >= 0.3 is 21.1 Å². The fraction of sp³-hybridized carbons (Fsp3) is 0.190. The molecule has 0 amide bonds. The molecule has 0 saturated carbocycles. The van der Waals surface area contributed by atoms with Crippen molar-refractivity contribution in [1.82, 2.24) is 29.9 Å². The Hall–Kier alpha value is -4.93. The molecular formula is C42H36N6Pt. The van der Waals surface area contributed by atoms with Crippen LogP contribution in [0.4, 0.5) is 0 Å². The van der Waals surface area contributed by atoms with Gasteiger partial charge in [-0.3, -0.25) is 0 Å². The van der Waals surface area contributed by atoms with E-state index < -0.39 is 0 Å². The summed E-state index contributed by atoms with van der Waals surface area (Å²) in [6, 6.07) is 33.1. The molecule has 8 aromatic rings. The summed E-state index contributed by atoms with van der Waals surface area (Å²) in [5, 5.41) is 3.94. The number of rotatable bonds is 2. The maximum atomic E-state index is 4.72. The predicted octanol–water partition coefficient (Wildman–Crippen LogP) is 9.88. The van der Waals surface area contributed by atoms with E-state index in [-0.39, 0.29) is 31.9 Å². The zero-order chi connectivity index (χ0) is 33.5. The van der Waals surface area contributed by atoms with Gasteiger partial charge in [0, 0.05) is 24.0 Å². The van der Waals surface area contributed by atoms with Gasteiger partial charge in [0.2, 0.25) is 0 Å². The molecule has 0 aliphatic heterocycles. The second-order valence-corrected chi connectivity index (χ2v) is 14.0. The first-order chi connectivity index (χ1) is 23.1. The molecule has 0 spiro atoms. The van der Waals surface area contributed by atoms with Crippen LogP contribution in [0.25, 0.3) is 65.9 Å². The van der Waals surface area contributed by atoms with Gasteiger partial charge in [0.15, 0.2) is 0 Å². The molecule has 4 aromatic carbocycles. The van der Waals surface area contributed by atoms with Crippen LogP contribution in [-0.2, 0) is 31.9 Å². The van der Waals surface area contributed by atoms with Crippen molar-refractivity contribution in [1.29, 1.82) is 0 Å². The largest absolute Gasteiger partial charge is 2.00 e. The first kappa shape index (κ1) is 34.0. The Morgan fingerprint density at radius 1 is 0.469 bits per heavy atom. The van der Waals surface area contributed by atoms with E-state index in [0.29, 0.717) is 0 Å². The van der Waals surface area contributed by atoms with Crippen LogP contribution >= 0.6 is 0 Å². The Labute approximate surface area is 301 Å². The summed E-state index contributed by atoms with van der Waals surface area (Å²) in [6.45, 7) is 12.6. The number of benzene rings is 4. The summed E-state index contributed by atoms with van der Waals surface area (Å²) in [6.07, 6.45) is 10.0. The molecule has 8 rings (SSSR count). The van der Waals surface area contributed by atoms with Crippen molar-refractivity contribution in [2.45, 2.75) is 52.4 Å². The summed E-state index contributed by atoms with van der Waals surface area (Å²) in [5.41, 5.74) is 8.06. The van der Waals surface area contributed by atoms with Crippen molar-refractivity contribution in [3.63, 3.8) is 0 Å². The van der Waals surface area contributed by atoms with E-state index in [0.717, 1.165) is 66.4 Å². The second kappa shape index (κ2) is 13.5. The zero-order valence-electron chi connectivity index (χ0n) is 28.4. The topological polar surface area (TPSA) is 77.3 Å². The summed E-state index contributed by atoms with van der Waals surface area (Å²) in [4.78, 5) is 27.5. The average Bonchev–Trinajstić information content (AvgIpc) is 3.10. The molecule has 49 heavy (non-hydrogen) atoms. The molecule has 0 bridgehead atoms. The van der Waals surface area contributed by atoms with Gasteiger partial charge in [-0.05, 0) is 90.4 Å². The van der Waals surface area contributed by atoms with Gasteiger partial charge in [0.25, 0.3) is 0 Å². The molecular weight excluding hydrogens is 784 g/mol. The van der Waals surface area contributed by atoms with Gasteiger partial charge in [-0.2, -0.15) is 0 Å². The zero-order valence-corrected chi connectivity index (χ0v) is 30.7. The van der Waals surface area contributed by atoms with Crippen molar-refractivity contribution in [2.24, 2.45) is 0 Å². The van der Waals surface area contributed by atoms with E-state index in [9.17, 15) is 0 Å². The van der Waals surface area contributed by atoms with Crippen LogP contribution in [-0.4, -0.2) is 29.9 Å². The molecule has 0 fully saturated rings. The van der Waals surface area contributed by atoms with Crippen molar-refractivity contribution in [3.05, 3.63) is 133 Å². The molecule has 4 heterocycles. The van der Waals surface area contributed by atoms with E-state index >= 15 is 0 Å². The number of hydrogen-bond donors (Lipinski definition) is 0. The van der Waals surface area contributed by atoms with Gasteiger partial charge in [-0.15, -0.1) is 0 Å². The first-order valence-electron chi connectivity index (χ1n) is 16.1. The predicted molar refractivity (Wildman–Crippen MR) is 196 cm³/mol. The minimum Gasteiger partial charge on any atom is -0.338 e. The van der Waals surface area contributed by atoms with Gasteiger partial charge in [0.1, 0.15) is 0 Å². The summed E-state index contributed by atoms with van der Waals surface area (Å²) >= 11 is 0. The number of pyridine rings is 2. The van der Waals surface area contributed by atoms with Gasteiger partial charge < -0.3 is 29.9 Å². The van der Waals surface area contributed by atoms with E-state index in [4.69, 9.17) is 9.97 Å². The monoisotopic (exact) mass is 819 g/mol. The Morgan fingerprint density at radius 3 is 1.22 bits per heavy atom. The molecule has 6 nitrogen and oxygen atoms in total. The van der Waals surface area contributed by atoms with Crippen molar-refractivity contribution < 1.29 is 21.1 Å². The third-order valence-corrected chi connectivity index (χ3v) is 8.29. The Morgan fingerprint density at radius 2 is 0.857 bits per heavy atom. The van der Waals surface area contributed by atoms with Crippen LogP contribution < -0.4 is 0 Å². The summed E-state index contributed by atoms with van der Waals surface area (Å²) < 4.78 is 0. The molecule has 0 aliphatic carbocycles. The van der Waals surface area contributed by atoms with Crippen LogP contribution in [0.15, 0.2) is 109 Å². The van der Waals surface area contributed by atoms with Crippen molar-refractivity contribution >= 4 is 43.6 Å². The van der Waals surface area contributed by atoms with Crippen molar-refractivity contribution in [3.8, 4) is 22.3 Å². The van der Waals surface area contributed by atoms with Crippen LogP contribution in [0, 0.1) is 12.4 Å². The van der Waals surface area contributed by atoms with Crippen LogP contribution in [0.5, 0.6) is 0 Å². The maximum Gasteiger partial charge on any atom is 2.00 e. The van der Waals surface area contributed by atoms with E-state index in [1.807, 2.05) is 73.1 Å². The molecule has 7 heteroatoms. The van der Waals surface area contributed by atoms with Crippen LogP contribution in [0.1, 0.15) is 53.2 Å². The molecule has 244 valence electrons. The Bertz CT molecular complexity index is 2240. The molecule has 0 N–H and O–H groups in total. The number of hydrogen-bond acceptors (Lipinski definition) is 6. The van der Waals surface area contributed by atoms with Gasteiger partial charge in [-0.25, -0.2) is 0 Å². The molecule has 0 radical (unpaired) electrons. The van der Waals surface area contributed by atoms with Crippen LogP contribution in [0.2, 0.25) is 0 Å². The van der Waals surface area contributed by atoms with Crippen LogP contribution in [0.3, 0.4) is 0 Å². The minimum atomic E-state index is -0.0983. The quantitative estimate of drug-likeness (QED) is 0.128. The summed E-state index contributed by atoms with van der Waals surface area (Å²) in [7, 11) is 0. The third-order valence-electron chi connectivity index (χ3n) is 8.29. The van der Waals surface area contributed by atoms with E-state index in [1.165, 1.54) is 11.1 Å². The molecule has 0 atom stereocenters. The fourth-order valence-electron chi connectivity index (χ4n) is 5.73. The SMILES string of the molecule is CC(C)(C)c1n[c-]c2c(ccc3c(-c4ccccc4)ccnc32)n1.CC(C)(C)c1n[c-]c2c(ccc3c(-c4ccccc4)ccnc32)n1.[Pt+2]. The molecule has 0 aliphatic rings. The van der Waals surface area contributed by atoms with Crippen molar-refractivity contribution in [2.75, 3.05) is 0 Å². The average molecular weight is 820 g/mol. The normalized spacial score (nSPS) is 11.7. The second-order valence-electron chi connectivity index (χ2n) is 14.0. The Kier molecular flexibility index (Phi) is 9.37. The fourth-order valence-corrected chi connectivity index (χ4v) is 5.73. The van der Waals surface area contributed by atoms with E-state index in [2.05, 4.69) is 110 Å². The third kappa shape index (κ3) is 6.84. The summed E-state index contributed by atoms with van der Waals surface area (Å²) in [5.74, 6) is 1.60.